The van der Waals surface area contributed by atoms with E-state index in [1.807, 2.05) is 0 Å². The number of cyclic esters (lactones) is 2. The number of benzene rings is 4. The van der Waals surface area contributed by atoms with Crippen molar-refractivity contribution in [1.29, 1.82) is 0 Å². The number of aryl methyl sites for hydroxylation is 1. The predicted octanol–water partition coefficient (Wildman–Crippen LogP) is 3.58. The number of anilines is 3. The first kappa shape index (κ1) is 47.4. The van der Waals surface area contributed by atoms with E-state index in [0.717, 1.165) is 11.1 Å². The highest BCUT2D eigenvalue weighted by Gasteiger charge is 2.43. The van der Waals surface area contributed by atoms with Crippen LogP contribution in [-0.2, 0) is 36.9 Å². The second kappa shape index (κ2) is 19.8. The summed E-state index contributed by atoms with van der Waals surface area (Å²) in [5, 5.41) is 6.02. The van der Waals surface area contributed by atoms with Gasteiger partial charge in [0.25, 0.3) is 11.1 Å². The van der Waals surface area contributed by atoms with Crippen LogP contribution < -0.4 is 50.9 Å². The van der Waals surface area contributed by atoms with Gasteiger partial charge in [-0.25, -0.2) is 19.6 Å². The van der Waals surface area contributed by atoms with Crippen LogP contribution in [0.3, 0.4) is 0 Å². The Morgan fingerprint density at radius 1 is 0.778 bits per heavy atom. The van der Waals surface area contributed by atoms with E-state index in [1.54, 1.807) is 78.9 Å². The molecule has 0 radical (unpaired) electrons. The lowest BCUT2D eigenvalue weighted by molar-refractivity contribution is -0.164. The molecule has 6 heterocycles. The molecule has 3 N–H and O–H groups in total. The zero-order valence-electron chi connectivity index (χ0n) is 38.9. The van der Waals surface area contributed by atoms with E-state index in [4.69, 9.17) is 34.2 Å². The van der Waals surface area contributed by atoms with Crippen LogP contribution in [0.25, 0.3) is 21.9 Å². The Bertz CT molecular complexity index is 3290. The fourth-order valence-corrected chi connectivity index (χ4v) is 9.95. The molecule has 4 aromatic carbocycles. The molecule has 22 nitrogen and oxygen atoms in total. The van der Waals surface area contributed by atoms with Gasteiger partial charge < -0.3 is 48.6 Å². The summed E-state index contributed by atoms with van der Waals surface area (Å²) in [5.41, 5.74) is 7.91. The molecule has 2 saturated heterocycles. The maximum absolute atomic E-state index is 15.3. The maximum Gasteiger partial charge on any atom is 0.414 e. The molecule has 2 fully saturated rings. The summed E-state index contributed by atoms with van der Waals surface area (Å²) in [5.74, 6) is 0.220. The van der Waals surface area contributed by atoms with Gasteiger partial charge in [-0.3, -0.25) is 38.8 Å². The van der Waals surface area contributed by atoms with Crippen molar-refractivity contribution in [1.82, 2.24) is 24.1 Å². The summed E-state index contributed by atoms with van der Waals surface area (Å²) in [6.07, 6.45) is -2.81. The Balaban J connectivity index is 1.04. The third kappa shape index (κ3) is 9.50. The number of carbonyl (C=O) groups is 5. The predicted molar refractivity (Wildman–Crippen MR) is 262 cm³/mol. The van der Waals surface area contributed by atoms with Crippen molar-refractivity contribution in [3.05, 3.63) is 112 Å². The van der Waals surface area contributed by atoms with E-state index >= 15 is 4.79 Å². The number of methoxy groups -OCH3 is 2. The Morgan fingerprint density at radius 2 is 1.44 bits per heavy atom. The lowest BCUT2D eigenvalue weighted by Gasteiger charge is -2.41. The van der Waals surface area contributed by atoms with Gasteiger partial charge in [0.05, 0.1) is 86.8 Å². The number of primary amides is 1. The first-order valence-electron chi connectivity index (χ1n) is 22.8. The van der Waals surface area contributed by atoms with Gasteiger partial charge in [0.2, 0.25) is 17.7 Å². The lowest BCUT2D eigenvalue weighted by Crippen LogP contribution is -2.61. The maximum atomic E-state index is 15.3. The van der Waals surface area contributed by atoms with Crippen LogP contribution >= 0.6 is 11.8 Å². The summed E-state index contributed by atoms with van der Waals surface area (Å²) in [4.78, 5) is 104. The molecule has 0 bridgehead atoms. The number of hydrazine groups is 1. The average Bonchev–Trinajstić information content (AvgIpc) is 3.95. The minimum atomic E-state index is -1.52. The standard InChI is InChI=1S/C49H47N9O13S/c1-66-31-7-3-28-4-12-44(60)56(37(28)19-31)26-39(47(50)63)57(24-33-22-54(48(64)70-33)29-6-11-42-36(17-29)52-43(59)27-72-42)58(45(61)13-14-53-38-20-32(67-2)8-9-35(38)51-21-46(53)62)25-34-23-55(49(65)71-34)30-5-10-40-41(18-30)69-16-15-68-40/h3-12,17-21,33-34,39H,13-16,22-27H2,1-2H3,(H2,50,63)(H,52,59)/t33-,34-,39+/m1/s1. The number of rotatable bonds is 16. The fraction of sp³-hybridized carbons (Fsp3) is 0.306. The van der Waals surface area contributed by atoms with Crippen molar-refractivity contribution in [3.8, 4) is 23.0 Å². The summed E-state index contributed by atoms with van der Waals surface area (Å²) in [7, 11) is 2.95. The number of hydrogen-bond acceptors (Lipinski definition) is 16. The van der Waals surface area contributed by atoms with Gasteiger partial charge >= 0.3 is 12.2 Å². The van der Waals surface area contributed by atoms with Gasteiger partial charge in [0.1, 0.15) is 43.0 Å². The van der Waals surface area contributed by atoms with Crippen LogP contribution in [0.4, 0.5) is 26.7 Å². The van der Waals surface area contributed by atoms with Crippen molar-refractivity contribution in [2.24, 2.45) is 5.73 Å². The first-order chi connectivity index (χ1) is 34.8. The second-order valence-electron chi connectivity index (χ2n) is 17.2. The van der Waals surface area contributed by atoms with Gasteiger partial charge in [-0.2, -0.15) is 0 Å². The molecular formula is C49H47N9O13S. The number of carbonyl (C=O) groups excluding carboxylic acids is 5. The van der Waals surface area contributed by atoms with Crippen molar-refractivity contribution >= 4 is 80.7 Å². The van der Waals surface area contributed by atoms with Crippen LogP contribution in [0.15, 0.2) is 106 Å². The quantitative estimate of drug-likeness (QED) is 0.132. The summed E-state index contributed by atoms with van der Waals surface area (Å²) >= 11 is 1.36. The van der Waals surface area contributed by atoms with E-state index < -0.39 is 59.9 Å². The Labute approximate surface area is 413 Å². The highest BCUT2D eigenvalue weighted by atomic mass is 32.2. The highest BCUT2D eigenvalue weighted by molar-refractivity contribution is 8.00. The van der Waals surface area contributed by atoms with Crippen molar-refractivity contribution in [2.45, 2.75) is 42.7 Å². The van der Waals surface area contributed by atoms with Crippen LogP contribution in [-0.4, -0.2) is 132 Å². The molecule has 0 aliphatic carbocycles. The number of fused-ring (bicyclic) bond motifs is 4. The van der Waals surface area contributed by atoms with Crippen LogP contribution in [0, 0.1) is 0 Å². The van der Waals surface area contributed by atoms with E-state index in [0.29, 0.717) is 75.2 Å². The normalized spacial score (nSPS) is 17.6. The van der Waals surface area contributed by atoms with Gasteiger partial charge in [0, 0.05) is 47.8 Å². The van der Waals surface area contributed by atoms with Crippen molar-refractivity contribution in [2.75, 3.05) is 74.5 Å². The van der Waals surface area contributed by atoms with E-state index in [1.165, 1.54) is 61.0 Å². The summed E-state index contributed by atoms with van der Waals surface area (Å²) in [6, 6.07) is 21.7. The largest absolute Gasteiger partial charge is 0.497 e. The number of aromatic nitrogens is 3. The molecule has 4 aliphatic rings. The number of hydrogen-bond donors (Lipinski definition) is 2. The minimum absolute atomic E-state index is 0.0759. The Kier molecular flexibility index (Phi) is 13.0. The van der Waals surface area contributed by atoms with Gasteiger partial charge in [-0.1, -0.05) is 0 Å². The zero-order chi connectivity index (χ0) is 50.2. The molecule has 0 spiro atoms. The number of nitrogens with two attached hydrogens (primary N) is 1. The summed E-state index contributed by atoms with van der Waals surface area (Å²) < 4.78 is 37.0. The van der Waals surface area contributed by atoms with E-state index in [2.05, 4.69) is 10.3 Å². The lowest BCUT2D eigenvalue weighted by atomic mass is 10.1. The van der Waals surface area contributed by atoms with Crippen molar-refractivity contribution < 1.29 is 52.4 Å². The van der Waals surface area contributed by atoms with Crippen LogP contribution in [0.1, 0.15) is 6.42 Å². The molecule has 10 rings (SSSR count). The molecule has 3 atom stereocenters. The molecule has 372 valence electrons. The SMILES string of the molecule is COc1ccc2ccc(=O)n(C[C@@H](C(N)=O)N(C[C@H]3CN(c4ccc5c(c4)NC(=O)CS5)C(=O)O3)N(C[C@H]3CN(c4ccc5c(c4)OCCO5)C(=O)O3)C(=O)CCn3c(=O)cnc4ccc(OC)cc43)c2c1. The Morgan fingerprint density at radius 3 is 2.18 bits per heavy atom. The fourth-order valence-electron chi connectivity index (χ4n) is 9.16. The van der Waals surface area contributed by atoms with Gasteiger partial charge in [-0.05, 0) is 66.0 Å². The van der Waals surface area contributed by atoms with Gasteiger partial charge in [-0.15, -0.1) is 11.8 Å². The monoisotopic (exact) mass is 1000 g/mol. The van der Waals surface area contributed by atoms with Crippen molar-refractivity contribution in [3.63, 3.8) is 0 Å². The summed E-state index contributed by atoms with van der Waals surface area (Å²) in [6.45, 7) is -0.838. The van der Waals surface area contributed by atoms with E-state index in [-0.39, 0.29) is 50.8 Å². The number of nitrogens with one attached hydrogen (secondary N) is 1. The molecule has 6 aromatic rings. The smallest absolute Gasteiger partial charge is 0.414 e. The number of ether oxygens (including phenoxy) is 6. The van der Waals surface area contributed by atoms with Gasteiger partial charge in [0.15, 0.2) is 11.5 Å². The zero-order valence-corrected chi connectivity index (χ0v) is 39.7. The average molecular weight is 1000 g/mol. The topological polar surface area (TPSA) is 249 Å². The minimum Gasteiger partial charge on any atom is -0.497 e. The number of nitrogens with zero attached hydrogens (tertiary/aromatic N) is 7. The third-order valence-corrected chi connectivity index (χ3v) is 13.8. The second-order valence-corrected chi connectivity index (χ2v) is 18.2. The van der Waals surface area contributed by atoms with E-state index in [9.17, 15) is 28.8 Å². The third-order valence-electron chi connectivity index (χ3n) is 12.7. The van der Waals surface area contributed by atoms with Crippen LogP contribution in [0.2, 0.25) is 0 Å². The van der Waals surface area contributed by atoms with Crippen LogP contribution in [0.5, 0.6) is 23.0 Å². The first-order valence-corrected chi connectivity index (χ1v) is 23.8. The molecule has 72 heavy (non-hydrogen) atoms. The molecular weight excluding hydrogens is 955 g/mol. The molecule has 5 amide bonds. The number of pyridine rings is 1. The number of amides is 5. The molecule has 0 unspecified atom stereocenters. The molecule has 2 aromatic heterocycles. The molecule has 23 heteroatoms. The Hall–Kier alpha value is -8.31. The molecule has 0 saturated carbocycles. The molecule has 4 aliphatic heterocycles. The number of thioether (sulfide) groups is 1. The highest BCUT2D eigenvalue weighted by Crippen LogP contribution is 2.37.